The maximum Gasteiger partial charge on any atom is 0.227 e. The molecule has 0 saturated heterocycles. The summed E-state index contributed by atoms with van der Waals surface area (Å²) >= 11 is 0. The molecule has 1 amide bonds. The van der Waals surface area contributed by atoms with Gasteiger partial charge >= 0.3 is 0 Å². The summed E-state index contributed by atoms with van der Waals surface area (Å²) in [6, 6.07) is 0. The topological polar surface area (TPSA) is 65.5 Å². The van der Waals surface area contributed by atoms with Crippen molar-refractivity contribution < 1.29 is 4.79 Å². The van der Waals surface area contributed by atoms with Crippen molar-refractivity contribution in [3.63, 3.8) is 0 Å². The Labute approximate surface area is 104 Å². The lowest BCUT2D eigenvalue weighted by Crippen LogP contribution is -2.48. The van der Waals surface area contributed by atoms with Crippen molar-refractivity contribution in [3.8, 4) is 0 Å². The molecule has 5 heteroatoms. The molecule has 5 nitrogen and oxygen atoms in total. The first-order valence-corrected chi connectivity index (χ1v) is 6.20. The Morgan fingerprint density at radius 3 is 2.29 bits per heavy atom. The third-order valence-corrected chi connectivity index (χ3v) is 2.42. The molecule has 17 heavy (non-hydrogen) atoms. The average Bonchev–Trinajstić information content (AvgIpc) is 2.29. The van der Waals surface area contributed by atoms with E-state index in [1.54, 1.807) is 7.05 Å². The van der Waals surface area contributed by atoms with E-state index in [-0.39, 0.29) is 5.91 Å². The molecule has 0 radical (unpaired) electrons. The fourth-order valence-electron chi connectivity index (χ4n) is 1.25. The van der Waals surface area contributed by atoms with Gasteiger partial charge in [0, 0.05) is 26.7 Å². The first kappa shape index (κ1) is 15.7. The van der Waals surface area contributed by atoms with Crippen molar-refractivity contribution in [2.24, 2.45) is 10.4 Å². The zero-order valence-electron chi connectivity index (χ0n) is 11.7. The van der Waals surface area contributed by atoms with Gasteiger partial charge in [-0.1, -0.05) is 6.92 Å². The van der Waals surface area contributed by atoms with E-state index in [1.807, 2.05) is 20.8 Å². The molecule has 0 aliphatic carbocycles. The van der Waals surface area contributed by atoms with E-state index < -0.39 is 5.41 Å². The summed E-state index contributed by atoms with van der Waals surface area (Å²) in [6.07, 6.45) is 1.04. The normalized spacial score (nSPS) is 12.2. The quantitative estimate of drug-likeness (QED) is 0.475. The number of carbonyl (C=O) groups excluding carboxylic acids is 1. The molecular formula is C12H26N4O. The Balaban J connectivity index is 4.19. The summed E-state index contributed by atoms with van der Waals surface area (Å²) in [5.74, 6) is 0.794. The lowest BCUT2D eigenvalue weighted by atomic mass is 9.92. The highest BCUT2D eigenvalue weighted by atomic mass is 16.2. The lowest BCUT2D eigenvalue weighted by Gasteiger charge is -2.24. The first-order valence-electron chi connectivity index (χ1n) is 6.20. The molecule has 3 N–H and O–H groups in total. The molecule has 0 aliphatic rings. The summed E-state index contributed by atoms with van der Waals surface area (Å²) < 4.78 is 0. The van der Waals surface area contributed by atoms with Crippen LogP contribution in [0.5, 0.6) is 0 Å². The Morgan fingerprint density at radius 1 is 1.18 bits per heavy atom. The van der Waals surface area contributed by atoms with Crippen LogP contribution in [0.25, 0.3) is 0 Å². The van der Waals surface area contributed by atoms with E-state index in [2.05, 4.69) is 27.9 Å². The SMILES string of the molecule is CCCNC(=NC)NCC(C)(C)C(=O)NCC. The molecule has 0 rings (SSSR count). The number of nitrogens with one attached hydrogen (secondary N) is 3. The van der Waals surface area contributed by atoms with Gasteiger partial charge in [-0.15, -0.1) is 0 Å². The molecule has 0 saturated carbocycles. The molecule has 0 aromatic carbocycles. The molecular weight excluding hydrogens is 216 g/mol. The maximum absolute atomic E-state index is 11.8. The summed E-state index contributed by atoms with van der Waals surface area (Å²) in [4.78, 5) is 15.9. The van der Waals surface area contributed by atoms with Gasteiger partial charge in [-0.25, -0.2) is 0 Å². The molecule has 0 unspecified atom stereocenters. The molecule has 0 atom stereocenters. The van der Waals surface area contributed by atoms with Crippen molar-refractivity contribution in [2.45, 2.75) is 34.1 Å². The Hall–Kier alpha value is -1.26. The van der Waals surface area contributed by atoms with Crippen molar-refractivity contribution in [1.29, 1.82) is 0 Å². The number of hydrogen-bond donors (Lipinski definition) is 3. The van der Waals surface area contributed by atoms with E-state index in [1.165, 1.54) is 0 Å². The van der Waals surface area contributed by atoms with Crippen LogP contribution in [0.3, 0.4) is 0 Å². The molecule has 0 aromatic rings. The van der Waals surface area contributed by atoms with Gasteiger partial charge in [0.2, 0.25) is 5.91 Å². The molecule has 0 spiro atoms. The third kappa shape index (κ3) is 6.14. The zero-order valence-corrected chi connectivity index (χ0v) is 11.7. The highest BCUT2D eigenvalue weighted by Crippen LogP contribution is 2.13. The molecule has 0 bridgehead atoms. The van der Waals surface area contributed by atoms with Crippen LogP contribution >= 0.6 is 0 Å². The minimum absolute atomic E-state index is 0.0541. The van der Waals surface area contributed by atoms with Gasteiger partial charge in [0.15, 0.2) is 5.96 Å². The number of amides is 1. The van der Waals surface area contributed by atoms with E-state index in [9.17, 15) is 4.79 Å². The molecule has 0 heterocycles. The van der Waals surface area contributed by atoms with E-state index in [0.717, 1.165) is 18.9 Å². The van der Waals surface area contributed by atoms with Gasteiger partial charge in [-0.3, -0.25) is 9.79 Å². The number of aliphatic imine (C=N–C) groups is 1. The number of hydrogen-bond acceptors (Lipinski definition) is 2. The second-order valence-corrected chi connectivity index (χ2v) is 4.60. The van der Waals surface area contributed by atoms with Gasteiger partial charge in [0.25, 0.3) is 0 Å². The van der Waals surface area contributed by atoms with Crippen LogP contribution in [0.4, 0.5) is 0 Å². The van der Waals surface area contributed by atoms with Crippen LogP contribution in [0.15, 0.2) is 4.99 Å². The predicted octanol–water partition coefficient (Wildman–Crippen LogP) is 0.724. The zero-order chi connectivity index (χ0) is 13.3. The van der Waals surface area contributed by atoms with Gasteiger partial charge in [-0.05, 0) is 27.2 Å². The van der Waals surface area contributed by atoms with Gasteiger partial charge in [-0.2, -0.15) is 0 Å². The highest BCUT2D eigenvalue weighted by Gasteiger charge is 2.27. The second-order valence-electron chi connectivity index (χ2n) is 4.60. The highest BCUT2D eigenvalue weighted by molar-refractivity contribution is 5.84. The van der Waals surface area contributed by atoms with Crippen LogP contribution in [0, 0.1) is 5.41 Å². The van der Waals surface area contributed by atoms with E-state index >= 15 is 0 Å². The Morgan fingerprint density at radius 2 is 1.82 bits per heavy atom. The van der Waals surface area contributed by atoms with Crippen LogP contribution in [-0.4, -0.2) is 38.5 Å². The number of guanidine groups is 1. The van der Waals surface area contributed by atoms with Gasteiger partial charge < -0.3 is 16.0 Å². The van der Waals surface area contributed by atoms with Crippen molar-refractivity contribution in [3.05, 3.63) is 0 Å². The number of rotatable bonds is 6. The number of carbonyl (C=O) groups is 1. The Kier molecular flexibility index (Phi) is 7.34. The van der Waals surface area contributed by atoms with Crippen LogP contribution in [0.2, 0.25) is 0 Å². The fourth-order valence-corrected chi connectivity index (χ4v) is 1.25. The summed E-state index contributed by atoms with van der Waals surface area (Å²) in [6.45, 7) is 9.94. The standard InChI is InChI=1S/C12H26N4O/c1-6-8-15-11(13-5)16-9-12(3,4)10(17)14-7-2/h6-9H2,1-5H3,(H,14,17)(H2,13,15,16). The maximum atomic E-state index is 11.8. The predicted molar refractivity (Wildman–Crippen MR) is 72.1 cm³/mol. The Bertz CT molecular complexity index is 261. The first-order chi connectivity index (χ1) is 7.97. The van der Waals surface area contributed by atoms with Gasteiger partial charge in [0.1, 0.15) is 0 Å². The summed E-state index contributed by atoms with van der Waals surface area (Å²) in [5.41, 5.74) is -0.445. The van der Waals surface area contributed by atoms with Crippen molar-refractivity contribution in [2.75, 3.05) is 26.7 Å². The second kappa shape index (κ2) is 7.92. The van der Waals surface area contributed by atoms with Crippen LogP contribution in [0.1, 0.15) is 34.1 Å². The van der Waals surface area contributed by atoms with E-state index in [4.69, 9.17) is 0 Å². The average molecular weight is 242 g/mol. The molecule has 0 aliphatic heterocycles. The van der Waals surface area contributed by atoms with Crippen molar-refractivity contribution in [1.82, 2.24) is 16.0 Å². The largest absolute Gasteiger partial charge is 0.356 e. The van der Waals surface area contributed by atoms with Crippen molar-refractivity contribution >= 4 is 11.9 Å². The monoisotopic (exact) mass is 242 g/mol. The fraction of sp³-hybridized carbons (Fsp3) is 0.833. The number of nitrogens with zero attached hydrogens (tertiary/aromatic N) is 1. The van der Waals surface area contributed by atoms with Crippen LogP contribution in [-0.2, 0) is 4.79 Å². The molecule has 0 fully saturated rings. The summed E-state index contributed by atoms with van der Waals surface area (Å²) in [7, 11) is 1.73. The molecule has 0 aromatic heterocycles. The minimum atomic E-state index is -0.445. The third-order valence-electron chi connectivity index (χ3n) is 2.42. The minimum Gasteiger partial charge on any atom is -0.356 e. The van der Waals surface area contributed by atoms with E-state index in [0.29, 0.717) is 13.1 Å². The lowest BCUT2D eigenvalue weighted by molar-refractivity contribution is -0.128. The smallest absolute Gasteiger partial charge is 0.227 e. The molecule has 100 valence electrons. The van der Waals surface area contributed by atoms with Gasteiger partial charge in [0.05, 0.1) is 5.41 Å². The van der Waals surface area contributed by atoms with Crippen LogP contribution < -0.4 is 16.0 Å². The summed E-state index contributed by atoms with van der Waals surface area (Å²) in [5, 5.41) is 9.16.